The molecule has 0 aliphatic rings. The molecule has 0 rings (SSSR count). The van der Waals surface area contributed by atoms with Crippen LogP contribution in [0.4, 0.5) is 0 Å². The van der Waals surface area contributed by atoms with Gasteiger partial charge in [-0.2, -0.15) is 0 Å². The molecular formula is C11H24N2O3. The van der Waals surface area contributed by atoms with Crippen LogP contribution in [0.3, 0.4) is 0 Å². The average molecular weight is 232 g/mol. The lowest BCUT2D eigenvalue weighted by Gasteiger charge is -2.15. The highest BCUT2D eigenvalue weighted by Crippen LogP contribution is 1.98. The van der Waals surface area contributed by atoms with Gasteiger partial charge in [-0.3, -0.25) is 4.79 Å². The smallest absolute Gasteiger partial charge is 0.220 e. The number of nitrogens with two attached hydrogens (primary N) is 1. The van der Waals surface area contributed by atoms with Gasteiger partial charge >= 0.3 is 0 Å². The predicted octanol–water partition coefficient (Wildman–Crippen LogP) is 0.282. The Hall–Kier alpha value is -0.650. The second-order valence-electron chi connectivity index (χ2n) is 3.99. The number of carbonyl (C=O) groups excluding carboxylic acids is 1. The first-order valence-electron chi connectivity index (χ1n) is 5.64. The van der Waals surface area contributed by atoms with E-state index in [1.165, 1.54) is 0 Å². The number of carbonyl (C=O) groups is 1. The Bertz CT molecular complexity index is 186. The molecule has 0 aromatic carbocycles. The lowest BCUT2D eigenvalue weighted by atomic mass is 10.1. The largest absolute Gasteiger partial charge is 0.382 e. The van der Waals surface area contributed by atoms with E-state index in [0.717, 1.165) is 12.8 Å². The summed E-state index contributed by atoms with van der Waals surface area (Å²) in [5.41, 5.74) is 5.59. The molecule has 2 unspecified atom stereocenters. The zero-order valence-corrected chi connectivity index (χ0v) is 10.5. The first-order chi connectivity index (χ1) is 7.60. The van der Waals surface area contributed by atoms with Gasteiger partial charge < -0.3 is 20.5 Å². The summed E-state index contributed by atoms with van der Waals surface area (Å²) in [6.45, 7) is 2.91. The maximum absolute atomic E-state index is 11.4. The maximum atomic E-state index is 11.4. The molecule has 5 nitrogen and oxygen atoms in total. The maximum Gasteiger partial charge on any atom is 0.220 e. The van der Waals surface area contributed by atoms with Gasteiger partial charge in [0.05, 0.1) is 12.7 Å². The Morgan fingerprint density at radius 2 is 2.12 bits per heavy atom. The number of ether oxygens (including phenoxy) is 2. The van der Waals surface area contributed by atoms with E-state index in [2.05, 4.69) is 5.32 Å². The molecule has 3 N–H and O–H groups in total. The number of nitrogens with one attached hydrogen (secondary N) is 1. The van der Waals surface area contributed by atoms with Crippen molar-refractivity contribution in [1.82, 2.24) is 5.32 Å². The van der Waals surface area contributed by atoms with Gasteiger partial charge in [0, 0.05) is 33.2 Å². The third-order valence-corrected chi connectivity index (χ3v) is 2.28. The first-order valence-corrected chi connectivity index (χ1v) is 5.64. The Kier molecular flexibility index (Phi) is 9.18. The van der Waals surface area contributed by atoms with Crippen molar-refractivity contribution in [1.29, 1.82) is 0 Å². The van der Waals surface area contributed by atoms with E-state index in [0.29, 0.717) is 19.6 Å². The summed E-state index contributed by atoms with van der Waals surface area (Å²) < 4.78 is 10.1. The highest BCUT2D eigenvalue weighted by atomic mass is 16.5. The number of hydrogen-bond donors (Lipinski definition) is 2. The Morgan fingerprint density at radius 1 is 1.44 bits per heavy atom. The van der Waals surface area contributed by atoms with Crippen LogP contribution in [0.2, 0.25) is 0 Å². The standard InChI is InChI=1S/C11H24N2O3/c1-9(12)5-4-6-11(14)13-7-10(16-3)8-15-2/h9-10H,4-8,12H2,1-3H3,(H,13,14). The summed E-state index contributed by atoms with van der Waals surface area (Å²) in [5.74, 6) is 0.0406. The van der Waals surface area contributed by atoms with Crippen molar-refractivity contribution in [3.63, 3.8) is 0 Å². The number of rotatable bonds is 9. The predicted molar refractivity (Wildman–Crippen MR) is 63.2 cm³/mol. The number of amides is 1. The molecule has 0 aromatic rings. The molecule has 0 bridgehead atoms. The van der Waals surface area contributed by atoms with Crippen LogP contribution in [0.1, 0.15) is 26.2 Å². The van der Waals surface area contributed by atoms with Gasteiger partial charge in [0.15, 0.2) is 0 Å². The van der Waals surface area contributed by atoms with Crippen LogP contribution in [0.5, 0.6) is 0 Å². The van der Waals surface area contributed by atoms with Crippen molar-refractivity contribution in [2.45, 2.75) is 38.3 Å². The second-order valence-corrected chi connectivity index (χ2v) is 3.99. The summed E-state index contributed by atoms with van der Waals surface area (Å²) in [5, 5.41) is 2.81. The lowest BCUT2D eigenvalue weighted by molar-refractivity contribution is -0.122. The van der Waals surface area contributed by atoms with E-state index in [9.17, 15) is 4.79 Å². The van der Waals surface area contributed by atoms with Gasteiger partial charge in [-0.05, 0) is 19.8 Å². The highest BCUT2D eigenvalue weighted by Gasteiger charge is 2.08. The molecular weight excluding hydrogens is 208 g/mol. The second kappa shape index (κ2) is 9.57. The van der Waals surface area contributed by atoms with E-state index in [1.54, 1.807) is 14.2 Å². The van der Waals surface area contributed by atoms with Crippen LogP contribution in [0, 0.1) is 0 Å². The Labute approximate surface area is 97.7 Å². The van der Waals surface area contributed by atoms with Gasteiger partial charge in [-0.15, -0.1) is 0 Å². The normalized spacial score (nSPS) is 14.5. The zero-order chi connectivity index (χ0) is 12.4. The van der Waals surface area contributed by atoms with E-state index in [1.807, 2.05) is 6.92 Å². The highest BCUT2D eigenvalue weighted by molar-refractivity contribution is 5.75. The third-order valence-electron chi connectivity index (χ3n) is 2.28. The molecule has 96 valence electrons. The van der Waals surface area contributed by atoms with Gasteiger partial charge in [0.1, 0.15) is 0 Å². The van der Waals surface area contributed by atoms with Crippen molar-refractivity contribution in [2.75, 3.05) is 27.4 Å². The van der Waals surface area contributed by atoms with Gasteiger partial charge in [0.25, 0.3) is 0 Å². The Morgan fingerprint density at radius 3 is 2.62 bits per heavy atom. The summed E-state index contributed by atoms with van der Waals surface area (Å²) >= 11 is 0. The monoisotopic (exact) mass is 232 g/mol. The first kappa shape index (κ1) is 15.3. The molecule has 0 fully saturated rings. The molecule has 5 heteroatoms. The van der Waals surface area contributed by atoms with Crippen molar-refractivity contribution < 1.29 is 14.3 Å². The van der Waals surface area contributed by atoms with E-state index in [4.69, 9.17) is 15.2 Å². The molecule has 0 saturated heterocycles. The lowest BCUT2D eigenvalue weighted by Crippen LogP contribution is -2.35. The van der Waals surface area contributed by atoms with Crippen molar-refractivity contribution in [3.8, 4) is 0 Å². The quantitative estimate of drug-likeness (QED) is 0.599. The molecule has 0 spiro atoms. The summed E-state index contributed by atoms with van der Waals surface area (Å²) in [6, 6.07) is 0.160. The minimum atomic E-state index is -0.0811. The third kappa shape index (κ3) is 8.64. The average Bonchev–Trinajstić information content (AvgIpc) is 2.23. The van der Waals surface area contributed by atoms with Crippen molar-refractivity contribution in [3.05, 3.63) is 0 Å². The molecule has 2 atom stereocenters. The van der Waals surface area contributed by atoms with Crippen molar-refractivity contribution >= 4 is 5.91 Å². The minimum Gasteiger partial charge on any atom is -0.382 e. The van der Waals surface area contributed by atoms with Crippen LogP contribution in [-0.2, 0) is 14.3 Å². The summed E-state index contributed by atoms with van der Waals surface area (Å²) in [4.78, 5) is 11.4. The van der Waals surface area contributed by atoms with E-state index < -0.39 is 0 Å². The fourth-order valence-corrected chi connectivity index (χ4v) is 1.30. The van der Waals surface area contributed by atoms with Crippen LogP contribution >= 0.6 is 0 Å². The number of methoxy groups -OCH3 is 2. The van der Waals surface area contributed by atoms with Crippen LogP contribution < -0.4 is 11.1 Å². The van der Waals surface area contributed by atoms with Crippen molar-refractivity contribution in [2.24, 2.45) is 5.73 Å². The SMILES string of the molecule is COCC(CNC(=O)CCCC(C)N)OC. The molecule has 16 heavy (non-hydrogen) atoms. The van der Waals surface area contributed by atoms with Crippen LogP contribution in [0.25, 0.3) is 0 Å². The van der Waals surface area contributed by atoms with Crippen LogP contribution in [-0.4, -0.2) is 45.4 Å². The summed E-state index contributed by atoms with van der Waals surface area (Å²) in [6.07, 6.45) is 2.14. The zero-order valence-electron chi connectivity index (χ0n) is 10.5. The molecule has 0 aliphatic heterocycles. The topological polar surface area (TPSA) is 73.6 Å². The molecule has 1 amide bonds. The minimum absolute atomic E-state index is 0.0406. The van der Waals surface area contributed by atoms with Gasteiger partial charge in [0.2, 0.25) is 5.91 Å². The molecule has 0 aromatic heterocycles. The molecule has 0 aliphatic carbocycles. The number of hydrogen-bond acceptors (Lipinski definition) is 4. The molecule has 0 radical (unpaired) electrons. The van der Waals surface area contributed by atoms with Crippen LogP contribution in [0.15, 0.2) is 0 Å². The van der Waals surface area contributed by atoms with E-state index in [-0.39, 0.29) is 18.1 Å². The van der Waals surface area contributed by atoms with Gasteiger partial charge in [-0.1, -0.05) is 0 Å². The fourth-order valence-electron chi connectivity index (χ4n) is 1.30. The molecule has 0 heterocycles. The Balaban J connectivity index is 3.55. The van der Waals surface area contributed by atoms with Gasteiger partial charge in [-0.25, -0.2) is 0 Å². The fraction of sp³-hybridized carbons (Fsp3) is 0.909. The summed E-state index contributed by atoms with van der Waals surface area (Å²) in [7, 11) is 3.21. The molecule has 0 saturated carbocycles. The van der Waals surface area contributed by atoms with E-state index >= 15 is 0 Å².